The molecule has 4 heteroatoms. The van der Waals surface area contributed by atoms with Crippen molar-refractivity contribution >= 4 is 5.69 Å². The van der Waals surface area contributed by atoms with Crippen molar-refractivity contribution in [1.29, 1.82) is 0 Å². The summed E-state index contributed by atoms with van der Waals surface area (Å²) in [7, 11) is 1.88. The van der Waals surface area contributed by atoms with Gasteiger partial charge in [-0.05, 0) is 36.4 Å². The molecule has 100 valence electrons. The van der Waals surface area contributed by atoms with Crippen molar-refractivity contribution in [2.45, 2.75) is 0 Å². The smallest absolute Gasteiger partial charge is 0.137 e. The predicted molar refractivity (Wildman–Crippen MR) is 79.0 cm³/mol. The number of aromatic nitrogens is 2. The predicted octanol–water partition coefficient (Wildman–Crippen LogP) is 3.92. The highest BCUT2D eigenvalue weighted by Crippen LogP contribution is 2.24. The zero-order chi connectivity index (χ0) is 13.9. The molecule has 0 aliphatic carbocycles. The highest BCUT2D eigenvalue weighted by molar-refractivity contribution is 5.67. The number of nitrogens with zero attached hydrogens (tertiary/aromatic N) is 1. The highest BCUT2D eigenvalue weighted by atomic mass is 19.1. The Morgan fingerprint density at radius 1 is 1.05 bits per heavy atom. The van der Waals surface area contributed by atoms with Crippen LogP contribution in [0.5, 0.6) is 0 Å². The van der Waals surface area contributed by atoms with Gasteiger partial charge in [0, 0.05) is 23.9 Å². The molecule has 0 aliphatic rings. The van der Waals surface area contributed by atoms with Crippen LogP contribution in [-0.4, -0.2) is 17.0 Å². The Labute approximate surface area is 116 Å². The standard InChI is InChI=1S/C16H14FN3/c1-18-14-4-2-3-12(9-14)15-10-19-16(20-15)11-5-7-13(17)8-6-11/h2-10,18H,1H3,(H,19,20). The second-order valence-electron chi connectivity index (χ2n) is 4.48. The third kappa shape index (κ3) is 2.40. The van der Waals surface area contributed by atoms with E-state index in [4.69, 9.17) is 0 Å². The number of rotatable bonds is 3. The Balaban J connectivity index is 1.95. The molecule has 20 heavy (non-hydrogen) atoms. The number of hydrogen-bond acceptors (Lipinski definition) is 2. The van der Waals surface area contributed by atoms with Gasteiger partial charge in [0.25, 0.3) is 0 Å². The maximum Gasteiger partial charge on any atom is 0.137 e. The summed E-state index contributed by atoms with van der Waals surface area (Å²) >= 11 is 0. The van der Waals surface area contributed by atoms with Gasteiger partial charge < -0.3 is 10.3 Å². The molecule has 1 heterocycles. The Kier molecular flexibility index (Phi) is 3.21. The van der Waals surface area contributed by atoms with Crippen molar-refractivity contribution in [3.63, 3.8) is 0 Å². The number of nitrogens with one attached hydrogen (secondary N) is 2. The highest BCUT2D eigenvalue weighted by Gasteiger charge is 2.06. The van der Waals surface area contributed by atoms with E-state index in [0.717, 1.165) is 28.3 Å². The summed E-state index contributed by atoms with van der Waals surface area (Å²) in [5, 5.41) is 3.11. The van der Waals surface area contributed by atoms with E-state index in [0.29, 0.717) is 0 Å². The molecule has 0 radical (unpaired) electrons. The second-order valence-corrected chi connectivity index (χ2v) is 4.48. The first-order valence-electron chi connectivity index (χ1n) is 6.35. The number of aromatic amines is 1. The van der Waals surface area contributed by atoms with E-state index in [2.05, 4.69) is 15.3 Å². The number of hydrogen-bond donors (Lipinski definition) is 2. The van der Waals surface area contributed by atoms with Crippen molar-refractivity contribution in [1.82, 2.24) is 9.97 Å². The lowest BCUT2D eigenvalue weighted by Gasteiger charge is -2.02. The Morgan fingerprint density at radius 2 is 1.85 bits per heavy atom. The number of anilines is 1. The zero-order valence-electron chi connectivity index (χ0n) is 11.0. The van der Waals surface area contributed by atoms with E-state index in [1.54, 1.807) is 18.3 Å². The van der Waals surface area contributed by atoms with Crippen molar-refractivity contribution in [2.75, 3.05) is 12.4 Å². The van der Waals surface area contributed by atoms with Gasteiger partial charge in [-0.1, -0.05) is 12.1 Å². The molecule has 3 nitrogen and oxygen atoms in total. The van der Waals surface area contributed by atoms with E-state index < -0.39 is 0 Å². The van der Waals surface area contributed by atoms with Gasteiger partial charge in [0.1, 0.15) is 11.6 Å². The van der Waals surface area contributed by atoms with Crippen LogP contribution < -0.4 is 5.32 Å². The molecule has 0 unspecified atom stereocenters. The van der Waals surface area contributed by atoms with Gasteiger partial charge >= 0.3 is 0 Å². The monoisotopic (exact) mass is 267 g/mol. The first kappa shape index (κ1) is 12.4. The normalized spacial score (nSPS) is 10.5. The van der Waals surface area contributed by atoms with Crippen LogP contribution in [0.2, 0.25) is 0 Å². The molecule has 0 saturated carbocycles. The van der Waals surface area contributed by atoms with Gasteiger partial charge in [0.2, 0.25) is 0 Å². The Morgan fingerprint density at radius 3 is 2.60 bits per heavy atom. The molecular weight excluding hydrogens is 253 g/mol. The van der Waals surface area contributed by atoms with Crippen molar-refractivity contribution in [2.24, 2.45) is 0 Å². The van der Waals surface area contributed by atoms with Gasteiger partial charge in [-0.3, -0.25) is 0 Å². The molecule has 0 saturated heterocycles. The molecule has 1 aromatic heterocycles. The van der Waals surface area contributed by atoms with E-state index in [1.165, 1.54) is 12.1 Å². The number of imidazole rings is 1. The average Bonchev–Trinajstić information content (AvgIpc) is 2.98. The summed E-state index contributed by atoms with van der Waals surface area (Å²) in [6.07, 6.45) is 1.79. The molecule has 0 atom stereocenters. The first-order valence-corrected chi connectivity index (χ1v) is 6.35. The second kappa shape index (κ2) is 5.17. The largest absolute Gasteiger partial charge is 0.388 e. The Bertz CT molecular complexity index is 717. The lowest BCUT2D eigenvalue weighted by Crippen LogP contribution is -1.88. The van der Waals surface area contributed by atoms with Crippen LogP contribution in [0.1, 0.15) is 0 Å². The van der Waals surface area contributed by atoms with E-state index in [1.807, 2.05) is 31.3 Å². The molecule has 3 rings (SSSR count). The molecule has 2 aromatic carbocycles. The number of halogens is 1. The van der Waals surface area contributed by atoms with E-state index in [9.17, 15) is 4.39 Å². The maximum absolute atomic E-state index is 12.9. The fourth-order valence-electron chi connectivity index (χ4n) is 2.06. The summed E-state index contributed by atoms with van der Waals surface area (Å²) in [6, 6.07) is 14.3. The molecule has 0 fully saturated rings. The van der Waals surface area contributed by atoms with Crippen molar-refractivity contribution < 1.29 is 4.39 Å². The van der Waals surface area contributed by atoms with Gasteiger partial charge in [-0.25, -0.2) is 9.37 Å². The summed E-state index contributed by atoms with van der Waals surface area (Å²) in [5.74, 6) is 0.483. The topological polar surface area (TPSA) is 40.7 Å². The molecule has 2 N–H and O–H groups in total. The fraction of sp³-hybridized carbons (Fsp3) is 0.0625. The SMILES string of the molecule is CNc1cccc(-c2cnc(-c3ccc(F)cc3)[nH]2)c1. The van der Waals surface area contributed by atoms with Crippen LogP contribution in [0.25, 0.3) is 22.6 Å². The van der Waals surface area contributed by atoms with Crippen molar-refractivity contribution in [3.8, 4) is 22.6 Å². The lowest BCUT2D eigenvalue weighted by atomic mass is 10.1. The van der Waals surface area contributed by atoms with Crippen LogP contribution in [0.4, 0.5) is 10.1 Å². The lowest BCUT2D eigenvalue weighted by molar-refractivity contribution is 0.628. The summed E-state index contributed by atoms with van der Waals surface area (Å²) in [4.78, 5) is 7.60. The van der Waals surface area contributed by atoms with Gasteiger partial charge in [0.15, 0.2) is 0 Å². The van der Waals surface area contributed by atoms with Gasteiger partial charge in [-0.2, -0.15) is 0 Å². The quantitative estimate of drug-likeness (QED) is 0.755. The van der Waals surface area contributed by atoms with Crippen LogP contribution in [0, 0.1) is 5.82 Å². The number of benzene rings is 2. The third-order valence-electron chi connectivity index (χ3n) is 3.16. The van der Waals surface area contributed by atoms with E-state index >= 15 is 0 Å². The van der Waals surface area contributed by atoms with Crippen LogP contribution in [-0.2, 0) is 0 Å². The molecular formula is C16H14FN3. The molecule has 0 spiro atoms. The first-order chi connectivity index (χ1) is 9.76. The summed E-state index contributed by atoms with van der Waals surface area (Å²) in [6.45, 7) is 0. The minimum Gasteiger partial charge on any atom is -0.388 e. The zero-order valence-corrected chi connectivity index (χ0v) is 11.0. The molecule has 3 aromatic rings. The summed E-state index contributed by atoms with van der Waals surface area (Å²) in [5.41, 5.74) is 3.89. The van der Waals surface area contributed by atoms with Gasteiger partial charge in [0.05, 0.1) is 11.9 Å². The Hall–Kier alpha value is -2.62. The minimum atomic E-state index is -0.248. The van der Waals surface area contributed by atoms with Crippen LogP contribution >= 0.6 is 0 Å². The third-order valence-corrected chi connectivity index (χ3v) is 3.16. The number of H-pyrrole nitrogens is 1. The van der Waals surface area contributed by atoms with Gasteiger partial charge in [-0.15, -0.1) is 0 Å². The molecule has 0 amide bonds. The fourth-order valence-corrected chi connectivity index (χ4v) is 2.06. The molecule has 0 aliphatic heterocycles. The van der Waals surface area contributed by atoms with Crippen LogP contribution in [0.15, 0.2) is 54.7 Å². The van der Waals surface area contributed by atoms with E-state index in [-0.39, 0.29) is 5.82 Å². The van der Waals surface area contributed by atoms with Crippen molar-refractivity contribution in [3.05, 3.63) is 60.5 Å². The van der Waals surface area contributed by atoms with Crippen LogP contribution in [0.3, 0.4) is 0 Å². The molecule has 0 bridgehead atoms. The summed E-state index contributed by atoms with van der Waals surface area (Å²) < 4.78 is 12.9. The maximum atomic E-state index is 12.9. The average molecular weight is 267 g/mol. The minimum absolute atomic E-state index is 0.248.